The summed E-state index contributed by atoms with van der Waals surface area (Å²) in [5, 5.41) is 0. The van der Waals surface area contributed by atoms with Gasteiger partial charge in [-0.3, -0.25) is 9.69 Å². The number of amides is 1. The van der Waals surface area contributed by atoms with Crippen LogP contribution in [0.25, 0.3) is 0 Å². The molecule has 3 unspecified atom stereocenters. The first-order valence-electron chi connectivity index (χ1n) is 12.7. The van der Waals surface area contributed by atoms with Gasteiger partial charge in [0.15, 0.2) is 0 Å². The number of ether oxygens (including phenoxy) is 1. The molecule has 4 nitrogen and oxygen atoms in total. The van der Waals surface area contributed by atoms with Gasteiger partial charge in [-0.1, -0.05) is 29.8 Å². The highest BCUT2D eigenvalue weighted by atomic mass is 16.5. The van der Waals surface area contributed by atoms with Gasteiger partial charge in [-0.25, -0.2) is 0 Å². The molecule has 3 atom stereocenters. The zero-order valence-electron chi connectivity index (χ0n) is 19.2. The van der Waals surface area contributed by atoms with Crippen molar-refractivity contribution in [1.29, 1.82) is 0 Å². The Morgan fingerprint density at radius 2 is 1.74 bits per heavy atom. The molecule has 2 saturated heterocycles. The quantitative estimate of drug-likeness (QED) is 0.731. The van der Waals surface area contributed by atoms with Crippen molar-refractivity contribution >= 4 is 5.91 Å². The maximum absolute atomic E-state index is 14.0. The summed E-state index contributed by atoms with van der Waals surface area (Å²) in [5.41, 5.74) is 2.99. The molecule has 4 bridgehead atoms. The molecule has 4 aliphatic carbocycles. The molecule has 2 heterocycles. The highest BCUT2D eigenvalue weighted by Crippen LogP contribution is 2.66. The topological polar surface area (TPSA) is 32.8 Å². The van der Waals surface area contributed by atoms with Crippen LogP contribution in [0.4, 0.5) is 0 Å². The van der Waals surface area contributed by atoms with Crippen LogP contribution in [-0.2, 0) is 14.9 Å². The second-order valence-corrected chi connectivity index (χ2v) is 11.6. The summed E-state index contributed by atoms with van der Waals surface area (Å²) in [6.07, 6.45) is 10.2. The van der Waals surface area contributed by atoms with Crippen LogP contribution < -0.4 is 0 Å². The highest BCUT2D eigenvalue weighted by Gasteiger charge is 2.61. The summed E-state index contributed by atoms with van der Waals surface area (Å²) in [6, 6.07) is 9.28. The molecule has 6 aliphatic rings. The second kappa shape index (κ2) is 7.59. The van der Waals surface area contributed by atoms with Gasteiger partial charge >= 0.3 is 0 Å². The lowest BCUT2D eigenvalue weighted by Crippen LogP contribution is -2.61. The Balaban J connectivity index is 1.18. The van der Waals surface area contributed by atoms with E-state index >= 15 is 0 Å². The summed E-state index contributed by atoms with van der Waals surface area (Å²) in [4.78, 5) is 18.8. The summed E-state index contributed by atoms with van der Waals surface area (Å²) >= 11 is 0. The van der Waals surface area contributed by atoms with E-state index in [0.29, 0.717) is 12.0 Å². The number of carbonyl (C=O) groups excluding carboxylic acids is 1. The van der Waals surface area contributed by atoms with Crippen molar-refractivity contribution in [2.45, 2.75) is 69.8 Å². The summed E-state index contributed by atoms with van der Waals surface area (Å²) < 4.78 is 5.83. The molecule has 4 saturated carbocycles. The Bertz CT molecular complexity index is 806. The van der Waals surface area contributed by atoms with E-state index in [4.69, 9.17) is 4.74 Å². The number of piperazine rings is 1. The molecule has 2 aliphatic heterocycles. The van der Waals surface area contributed by atoms with Crippen molar-refractivity contribution in [1.82, 2.24) is 9.80 Å². The lowest BCUT2D eigenvalue weighted by molar-refractivity contribution is -0.162. The van der Waals surface area contributed by atoms with E-state index in [1.807, 2.05) is 0 Å². The molecule has 168 valence electrons. The third-order valence-corrected chi connectivity index (χ3v) is 9.32. The van der Waals surface area contributed by atoms with Crippen molar-refractivity contribution in [3.05, 3.63) is 35.4 Å². The standard InChI is InChI=1S/C27H38N2O2/c1-20-4-6-23(7-5-20)26-14-21-13-22(15-26)17-27(16-21,19-26)25(30)29-10-8-28(9-11-29)18-24-3-2-12-31-24/h4-7,21-22,24H,2-3,8-19H2,1H3. The molecule has 1 aromatic carbocycles. The lowest BCUT2D eigenvalue weighted by Gasteiger charge is -2.62. The molecule has 0 spiro atoms. The maximum atomic E-state index is 14.0. The Kier molecular flexibility index (Phi) is 4.95. The van der Waals surface area contributed by atoms with E-state index in [1.54, 1.807) is 0 Å². The predicted molar refractivity (Wildman–Crippen MR) is 122 cm³/mol. The maximum Gasteiger partial charge on any atom is 0.228 e. The van der Waals surface area contributed by atoms with E-state index in [9.17, 15) is 4.79 Å². The average Bonchev–Trinajstić information content (AvgIpc) is 3.26. The fourth-order valence-electron chi connectivity index (χ4n) is 8.30. The van der Waals surface area contributed by atoms with Crippen molar-refractivity contribution in [2.75, 3.05) is 39.3 Å². The first-order chi connectivity index (χ1) is 15.0. The van der Waals surface area contributed by atoms with Gasteiger partial charge in [0.25, 0.3) is 0 Å². The molecular formula is C27H38N2O2. The normalized spacial score (nSPS) is 39.9. The summed E-state index contributed by atoms with van der Waals surface area (Å²) in [5.74, 6) is 1.98. The van der Waals surface area contributed by atoms with E-state index in [-0.39, 0.29) is 10.8 Å². The Morgan fingerprint density at radius 1 is 1.03 bits per heavy atom. The van der Waals surface area contributed by atoms with Gasteiger partial charge in [0.05, 0.1) is 11.5 Å². The van der Waals surface area contributed by atoms with Crippen LogP contribution in [0.3, 0.4) is 0 Å². The van der Waals surface area contributed by atoms with Crippen LogP contribution in [0.5, 0.6) is 0 Å². The Hall–Kier alpha value is -1.39. The van der Waals surface area contributed by atoms with E-state index < -0.39 is 0 Å². The molecule has 0 aromatic heterocycles. The smallest absolute Gasteiger partial charge is 0.228 e. The first kappa shape index (κ1) is 20.2. The molecule has 31 heavy (non-hydrogen) atoms. The summed E-state index contributed by atoms with van der Waals surface area (Å²) in [7, 11) is 0. The molecule has 7 rings (SSSR count). The van der Waals surface area contributed by atoms with Gasteiger partial charge in [0, 0.05) is 39.3 Å². The van der Waals surface area contributed by atoms with Crippen LogP contribution in [0, 0.1) is 24.2 Å². The Labute approximate surface area is 187 Å². The highest BCUT2D eigenvalue weighted by molar-refractivity contribution is 5.84. The average molecular weight is 423 g/mol. The zero-order valence-corrected chi connectivity index (χ0v) is 19.2. The van der Waals surface area contributed by atoms with E-state index in [2.05, 4.69) is 41.0 Å². The van der Waals surface area contributed by atoms with Gasteiger partial charge in [0.2, 0.25) is 5.91 Å². The molecular weight excluding hydrogens is 384 g/mol. The van der Waals surface area contributed by atoms with Crippen molar-refractivity contribution in [3.8, 4) is 0 Å². The molecule has 0 N–H and O–H groups in total. The minimum absolute atomic E-state index is 0.0916. The number of carbonyl (C=O) groups is 1. The molecule has 6 fully saturated rings. The number of nitrogens with zero attached hydrogens (tertiary/aromatic N) is 2. The third kappa shape index (κ3) is 3.54. The van der Waals surface area contributed by atoms with E-state index in [0.717, 1.165) is 70.4 Å². The largest absolute Gasteiger partial charge is 0.377 e. The monoisotopic (exact) mass is 422 g/mol. The van der Waals surface area contributed by atoms with Crippen LogP contribution >= 0.6 is 0 Å². The molecule has 4 heteroatoms. The summed E-state index contributed by atoms with van der Waals surface area (Å²) in [6.45, 7) is 7.98. The zero-order chi connectivity index (χ0) is 21.1. The number of hydrogen-bond acceptors (Lipinski definition) is 3. The third-order valence-electron chi connectivity index (χ3n) is 9.32. The number of aryl methyl sites for hydroxylation is 1. The van der Waals surface area contributed by atoms with Crippen LogP contribution in [0.15, 0.2) is 24.3 Å². The van der Waals surface area contributed by atoms with Crippen LogP contribution in [-0.4, -0.2) is 61.1 Å². The van der Waals surface area contributed by atoms with Gasteiger partial charge in [-0.05, 0) is 81.1 Å². The van der Waals surface area contributed by atoms with E-state index in [1.165, 1.54) is 43.2 Å². The second-order valence-electron chi connectivity index (χ2n) is 11.6. The predicted octanol–water partition coefficient (Wildman–Crippen LogP) is 4.16. The fourth-order valence-corrected chi connectivity index (χ4v) is 8.30. The van der Waals surface area contributed by atoms with Crippen LogP contribution in [0.1, 0.15) is 62.5 Å². The minimum atomic E-state index is -0.0916. The van der Waals surface area contributed by atoms with Crippen molar-refractivity contribution in [3.63, 3.8) is 0 Å². The van der Waals surface area contributed by atoms with Crippen molar-refractivity contribution < 1.29 is 9.53 Å². The fraction of sp³-hybridized carbons (Fsp3) is 0.741. The SMILES string of the molecule is Cc1ccc(C23CC4CC(CC(C(=O)N5CCN(CC6CCCO6)CC5)(C4)C2)C3)cc1. The number of hydrogen-bond donors (Lipinski definition) is 0. The lowest BCUT2D eigenvalue weighted by atomic mass is 9.42. The minimum Gasteiger partial charge on any atom is -0.377 e. The number of benzene rings is 1. The van der Waals surface area contributed by atoms with Crippen LogP contribution in [0.2, 0.25) is 0 Å². The van der Waals surface area contributed by atoms with Gasteiger partial charge < -0.3 is 9.64 Å². The van der Waals surface area contributed by atoms with Gasteiger partial charge in [0.1, 0.15) is 0 Å². The Morgan fingerprint density at radius 3 is 2.39 bits per heavy atom. The molecule has 0 radical (unpaired) electrons. The number of rotatable bonds is 4. The van der Waals surface area contributed by atoms with Gasteiger partial charge in [-0.2, -0.15) is 0 Å². The van der Waals surface area contributed by atoms with Gasteiger partial charge in [-0.15, -0.1) is 0 Å². The molecule has 1 aromatic rings. The van der Waals surface area contributed by atoms with Crippen molar-refractivity contribution in [2.24, 2.45) is 17.3 Å². The first-order valence-corrected chi connectivity index (χ1v) is 12.7. The molecule has 1 amide bonds.